The molecule has 0 radical (unpaired) electrons. The second kappa shape index (κ2) is 18.9. The zero-order valence-electron chi connectivity index (χ0n) is 23.0. The third-order valence-corrected chi connectivity index (χ3v) is 6.81. The molecular formula is C21H48O12P2. The molecule has 0 fully saturated rings. The van der Waals surface area contributed by atoms with Crippen molar-refractivity contribution in [1.82, 2.24) is 0 Å². The molecule has 214 valence electrons. The van der Waals surface area contributed by atoms with Crippen molar-refractivity contribution in [3.05, 3.63) is 0 Å². The first kappa shape index (κ1) is 43.8. The van der Waals surface area contributed by atoms with Crippen molar-refractivity contribution in [1.29, 1.82) is 0 Å². The van der Waals surface area contributed by atoms with E-state index in [-0.39, 0.29) is 11.8 Å². The SMILES string of the molecule is CC(C)(C)C(=O)O.CC(C)(C)P(=O)(O)O.CC(C)C(=O)O.CC(C)P(=O)(O)O.CCC(C)C(=O)O. The Morgan fingerprint density at radius 2 is 0.914 bits per heavy atom. The zero-order chi connectivity index (χ0) is 30.2. The Morgan fingerprint density at radius 3 is 0.914 bits per heavy atom. The number of aliphatic carboxylic acids is 3. The summed E-state index contributed by atoms with van der Waals surface area (Å²) >= 11 is 0. The fourth-order valence-corrected chi connectivity index (χ4v) is 0.175. The summed E-state index contributed by atoms with van der Waals surface area (Å²) < 4.78 is 20.4. The third kappa shape index (κ3) is 34.9. The molecule has 0 aromatic rings. The second-order valence-electron chi connectivity index (χ2n) is 10.1. The summed E-state index contributed by atoms with van der Waals surface area (Å²) in [5.74, 6) is -2.62. The standard InChI is InChI=1S/2C5H10O2.C4H11O3P.C4H8O2.C3H9O3P/c1-5(2,3)4(6)7;1-3-4(2)5(6)7;1-4(2,3)8(5,6)7;1-3(2)4(5)6;1-3(2)7(4,5)6/h1-3H3,(H,6,7);4H,3H2,1-2H3,(H,6,7);1-3H3,(H2,5,6,7);3H,1-2H3,(H,5,6);3H,1-2H3,(H2,4,5,6). The first-order valence-corrected chi connectivity index (χ1v) is 14.1. The molecule has 7 N–H and O–H groups in total. The monoisotopic (exact) mass is 554 g/mol. The minimum Gasteiger partial charge on any atom is -0.481 e. The van der Waals surface area contributed by atoms with E-state index < -0.39 is 49.3 Å². The molecule has 0 heterocycles. The van der Waals surface area contributed by atoms with Gasteiger partial charge in [0, 0.05) is 0 Å². The van der Waals surface area contributed by atoms with Crippen LogP contribution in [0.5, 0.6) is 0 Å². The average Bonchev–Trinajstić information content (AvgIpc) is 2.59. The molecule has 0 aliphatic carbocycles. The Balaban J connectivity index is -0.000000107. The van der Waals surface area contributed by atoms with Crippen molar-refractivity contribution >= 4 is 33.1 Å². The van der Waals surface area contributed by atoms with Crippen LogP contribution >= 0.6 is 15.2 Å². The molecule has 35 heavy (non-hydrogen) atoms. The quantitative estimate of drug-likeness (QED) is 0.238. The molecule has 0 saturated carbocycles. The largest absolute Gasteiger partial charge is 0.481 e. The van der Waals surface area contributed by atoms with E-state index in [0.29, 0.717) is 0 Å². The Morgan fingerprint density at radius 1 is 0.714 bits per heavy atom. The summed E-state index contributed by atoms with van der Waals surface area (Å²) in [5.41, 5.74) is -1.12. The van der Waals surface area contributed by atoms with Crippen LogP contribution in [0.2, 0.25) is 0 Å². The van der Waals surface area contributed by atoms with Gasteiger partial charge in [0.25, 0.3) is 0 Å². The van der Waals surface area contributed by atoms with E-state index in [1.165, 1.54) is 34.6 Å². The van der Waals surface area contributed by atoms with Gasteiger partial charge in [0.15, 0.2) is 0 Å². The third-order valence-electron chi connectivity index (χ3n) is 3.72. The van der Waals surface area contributed by atoms with E-state index in [1.807, 2.05) is 6.92 Å². The summed E-state index contributed by atoms with van der Waals surface area (Å²) in [7, 11) is -7.59. The molecule has 1 unspecified atom stereocenters. The lowest BCUT2D eigenvalue weighted by Crippen LogP contribution is -2.18. The van der Waals surface area contributed by atoms with Gasteiger partial charge >= 0.3 is 33.1 Å². The van der Waals surface area contributed by atoms with Gasteiger partial charge in [-0.3, -0.25) is 23.5 Å². The van der Waals surface area contributed by atoms with Crippen molar-refractivity contribution in [2.24, 2.45) is 17.3 Å². The van der Waals surface area contributed by atoms with Crippen LogP contribution in [0, 0.1) is 17.3 Å². The van der Waals surface area contributed by atoms with Crippen molar-refractivity contribution in [2.75, 3.05) is 0 Å². The average molecular weight is 555 g/mol. The van der Waals surface area contributed by atoms with Crippen LogP contribution in [0.1, 0.15) is 89.5 Å². The molecular weight excluding hydrogens is 506 g/mol. The van der Waals surface area contributed by atoms with Crippen LogP contribution in [0.3, 0.4) is 0 Å². The predicted molar refractivity (Wildman–Crippen MR) is 136 cm³/mol. The number of carbonyl (C=O) groups is 3. The molecule has 0 amide bonds. The fraction of sp³-hybridized carbons (Fsp3) is 0.857. The van der Waals surface area contributed by atoms with Gasteiger partial charge < -0.3 is 34.9 Å². The summed E-state index contributed by atoms with van der Waals surface area (Å²) in [6.07, 6.45) is 0.718. The van der Waals surface area contributed by atoms with Crippen molar-refractivity contribution in [2.45, 2.75) is 100 Å². The van der Waals surface area contributed by atoms with Crippen molar-refractivity contribution in [3.8, 4) is 0 Å². The van der Waals surface area contributed by atoms with E-state index in [4.69, 9.17) is 34.9 Å². The highest BCUT2D eigenvalue weighted by Gasteiger charge is 2.31. The number of hydrogen-bond acceptors (Lipinski definition) is 5. The van der Waals surface area contributed by atoms with Crippen LogP contribution < -0.4 is 0 Å². The Labute approximate surface area is 209 Å². The molecule has 0 aliphatic heterocycles. The van der Waals surface area contributed by atoms with Crippen LogP contribution in [-0.2, 0) is 23.5 Å². The Bertz CT molecular complexity index is 692. The maximum atomic E-state index is 10.3. The maximum absolute atomic E-state index is 10.3. The molecule has 0 rings (SSSR count). The van der Waals surface area contributed by atoms with Crippen molar-refractivity contribution in [3.63, 3.8) is 0 Å². The Kier molecular flexibility index (Phi) is 23.6. The molecule has 12 nitrogen and oxygen atoms in total. The normalized spacial score (nSPS) is 12.3. The van der Waals surface area contributed by atoms with E-state index in [1.54, 1.807) is 41.5 Å². The lowest BCUT2D eigenvalue weighted by molar-refractivity contribution is -0.146. The van der Waals surface area contributed by atoms with Gasteiger partial charge in [0.1, 0.15) is 0 Å². The van der Waals surface area contributed by atoms with Crippen LogP contribution in [0.15, 0.2) is 0 Å². The molecule has 1 atom stereocenters. The lowest BCUT2D eigenvalue weighted by atomic mass is 9.98. The Hall–Kier alpha value is -1.29. The lowest BCUT2D eigenvalue weighted by Gasteiger charge is -2.18. The van der Waals surface area contributed by atoms with Crippen LogP contribution in [-0.4, -0.2) is 63.6 Å². The number of rotatable bonds is 4. The fourth-order valence-electron chi connectivity index (χ4n) is 0.175. The molecule has 0 aromatic heterocycles. The zero-order valence-corrected chi connectivity index (χ0v) is 24.8. The highest BCUT2D eigenvalue weighted by Crippen LogP contribution is 2.49. The molecule has 14 heteroatoms. The number of carboxylic acids is 3. The molecule has 0 bridgehead atoms. The smallest absolute Gasteiger partial charge is 0.330 e. The van der Waals surface area contributed by atoms with E-state index >= 15 is 0 Å². The maximum Gasteiger partial charge on any atom is 0.330 e. The summed E-state index contributed by atoms with van der Waals surface area (Å²) in [6.45, 7) is 19.3. The minimum atomic E-state index is -3.85. The summed E-state index contributed by atoms with van der Waals surface area (Å²) in [6, 6.07) is 0. The topological polar surface area (TPSA) is 227 Å². The molecule has 0 aliphatic rings. The van der Waals surface area contributed by atoms with E-state index in [9.17, 15) is 23.5 Å². The van der Waals surface area contributed by atoms with E-state index in [2.05, 4.69) is 0 Å². The number of carboxylic acid groups (broad SMARTS) is 3. The van der Waals surface area contributed by atoms with Gasteiger partial charge in [0.2, 0.25) is 0 Å². The first-order chi connectivity index (χ1) is 15.0. The molecule has 0 aromatic carbocycles. The van der Waals surface area contributed by atoms with Gasteiger partial charge in [0.05, 0.1) is 28.1 Å². The highest BCUT2D eigenvalue weighted by atomic mass is 31.2. The van der Waals surface area contributed by atoms with Gasteiger partial charge in [-0.05, 0) is 48.0 Å². The summed E-state index contributed by atoms with van der Waals surface area (Å²) in [4.78, 5) is 63.0. The van der Waals surface area contributed by atoms with Gasteiger partial charge in [-0.2, -0.15) is 0 Å². The predicted octanol–water partition coefficient (Wildman–Crippen LogP) is 4.50. The minimum absolute atomic E-state index is 0.181. The van der Waals surface area contributed by atoms with Gasteiger partial charge in [-0.1, -0.05) is 41.5 Å². The molecule has 0 spiro atoms. The van der Waals surface area contributed by atoms with E-state index in [0.717, 1.165) is 6.42 Å². The molecule has 0 saturated heterocycles. The van der Waals surface area contributed by atoms with Crippen molar-refractivity contribution < 1.29 is 58.4 Å². The first-order valence-electron chi connectivity index (χ1n) is 10.8. The highest BCUT2D eigenvalue weighted by molar-refractivity contribution is 7.53. The van der Waals surface area contributed by atoms with Gasteiger partial charge in [-0.15, -0.1) is 0 Å². The summed E-state index contributed by atoms with van der Waals surface area (Å²) in [5, 5.41) is 23.5. The van der Waals surface area contributed by atoms with Crippen LogP contribution in [0.4, 0.5) is 0 Å². The van der Waals surface area contributed by atoms with Gasteiger partial charge in [-0.25, -0.2) is 0 Å². The number of hydrogen-bond donors (Lipinski definition) is 7. The second-order valence-corrected chi connectivity index (χ2v) is 14.7. The van der Waals surface area contributed by atoms with Crippen LogP contribution in [0.25, 0.3) is 0 Å².